The smallest absolute Gasteiger partial charge is 0.314 e. The lowest BCUT2D eigenvalue weighted by Crippen LogP contribution is -2.32. The number of aliphatic hydroxyl groups excluding tert-OH is 1. The highest BCUT2D eigenvalue weighted by Gasteiger charge is 2.37. The molecule has 1 atom stereocenters. The molecule has 0 radical (unpaired) electrons. The van der Waals surface area contributed by atoms with Gasteiger partial charge in [0.05, 0.1) is 18.4 Å². The minimum absolute atomic E-state index is 0.0793. The van der Waals surface area contributed by atoms with Crippen molar-refractivity contribution in [2.24, 2.45) is 5.41 Å². The minimum atomic E-state index is -1.35. The van der Waals surface area contributed by atoms with Crippen LogP contribution in [0, 0.1) is 5.41 Å². The average Bonchev–Trinajstić information content (AvgIpc) is 2.77. The molecular formula is C26H48O5S2. The Bertz CT molecular complexity index is 513. The highest BCUT2D eigenvalue weighted by molar-refractivity contribution is 8.76. The van der Waals surface area contributed by atoms with E-state index in [1.807, 2.05) is 6.08 Å². The molecule has 0 rings (SSSR count). The van der Waals surface area contributed by atoms with E-state index in [0.717, 1.165) is 19.3 Å². The number of allylic oxidation sites excluding steroid dienone is 1. The van der Waals surface area contributed by atoms with Crippen LogP contribution in [0.15, 0.2) is 12.2 Å². The number of carboxylic acids is 2. The molecule has 1 unspecified atom stereocenters. The topological polar surface area (TPSA) is 94.8 Å². The van der Waals surface area contributed by atoms with Crippen molar-refractivity contribution in [3.05, 3.63) is 12.2 Å². The summed E-state index contributed by atoms with van der Waals surface area (Å²) in [6.45, 7) is 2.34. The van der Waals surface area contributed by atoms with Gasteiger partial charge in [0.2, 0.25) is 0 Å². The number of unbranched alkanes of at least 4 members (excludes halogenated alkanes) is 14. The van der Waals surface area contributed by atoms with Gasteiger partial charge in [0.1, 0.15) is 0 Å². The van der Waals surface area contributed by atoms with Crippen LogP contribution < -0.4 is 0 Å². The van der Waals surface area contributed by atoms with Crippen LogP contribution in [-0.2, 0) is 9.59 Å². The highest BCUT2D eigenvalue weighted by atomic mass is 33.1. The van der Waals surface area contributed by atoms with E-state index >= 15 is 0 Å². The second-order valence-electron chi connectivity index (χ2n) is 8.94. The SMILES string of the molecule is CCCCCCCCCCCCCCCCC=CC(CCSSCCO)(CC(=O)O)C(=O)O. The molecule has 3 N–H and O–H groups in total. The van der Waals surface area contributed by atoms with Crippen LogP contribution in [0.5, 0.6) is 0 Å². The molecule has 194 valence electrons. The monoisotopic (exact) mass is 504 g/mol. The number of carbonyl (C=O) groups is 2. The van der Waals surface area contributed by atoms with Crippen molar-refractivity contribution < 1.29 is 24.9 Å². The van der Waals surface area contributed by atoms with Crippen molar-refractivity contribution >= 4 is 33.5 Å². The van der Waals surface area contributed by atoms with Gasteiger partial charge in [-0.15, -0.1) is 0 Å². The lowest BCUT2D eigenvalue weighted by atomic mass is 9.81. The molecule has 0 aromatic heterocycles. The molecule has 0 bridgehead atoms. The molecule has 0 aromatic carbocycles. The van der Waals surface area contributed by atoms with Crippen LogP contribution in [0.3, 0.4) is 0 Å². The molecule has 5 nitrogen and oxygen atoms in total. The summed E-state index contributed by atoms with van der Waals surface area (Å²) in [5.41, 5.74) is -1.35. The summed E-state index contributed by atoms with van der Waals surface area (Å²) in [6, 6.07) is 0. The normalized spacial score (nSPS) is 13.4. The number of aliphatic hydroxyl groups is 1. The molecule has 0 aromatic rings. The Morgan fingerprint density at radius 2 is 1.24 bits per heavy atom. The summed E-state index contributed by atoms with van der Waals surface area (Å²) in [5.74, 6) is -1.05. The summed E-state index contributed by atoms with van der Waals surface area (Å²) < 4.78 is 0. The highest BCUT2D eigenvalue weighted by Crippen LogP contribution is 2.34. The largest absolute Gasteiger partial charge is 0.481 e. The zero-order chi connectivity index (χ0) is 24.6. The van der Waals surface area contributed by atoms with Gasteiger partial charge in [0.15, 0.2) is 0 Å². The number of hydrogen-bond donors (Lipinski definition) is 3. The molecule has 0 saturated carbocycles. The van der Waals surface area contributed by atoms with E-state index in [9.17, 15) is 19.8 Å². The molecular weight excluding hydrogens is 456 g/mol. The number of rotatable bonds is 25. The van der Waals surface area contributed by atoms with Gasteiger partial charge in [-0.05, 0) is 19.3 Å². The molecule has 0 aliphatic heterocycles. The van der Waals surface area contributed by atoms with Gasteiger partial charge in [0, 0.05) is 11.5 Å². The maximum Gasteiger partial charge on any atom is 0.314 e. The van der Waals surface area contributed by atoms with Crippen LogP contribution in [0.4, 0.5) is 0 Å². The van der Waals surface area contributed by atoms with E-state index in [0.29, 0.717) is 11.5 Å². The van der Waals surface area contributed by atoms with Gasteiger partial charge < -0.3 is 15.3 Å². The third-order valence-electron chi connectivity index (χ3n) is 5.94. The Morgan fingerprint density at radius 3 is 1.70 bits per heavy atom. The van der Waals surface area contributed by atoms with Gasteiger partial charge in [0.25, 0.3) is 0 Å². The van der Waals surface area contributed by atoms with Gasteiger partial charge in [-0.25, -0.2) is 0 Å². The molecule has 0 amide bonds. The number of aliphatic carboxylic acids is 2. The summed E-state index contributed by atoms with van der Waals surface area (Å²) in [4.78, 5) is 23.2. The minimum Gasteiger partial charge on any atom is -0.481 e. The van der Waals surface area contributed by atoms with Crippen LogP contribution >= 0.6 is 21.6 Å². The first-order chi connectivity index (χ1) is 16.0. The fraction of sp³-hybridized carbons (Fsp3) is 0.846. The molecule has 0 saturated heterocycles. The fourth-order valence-electron chi connectivity index (χ4n) is 3.90. The maximum atomic E-state index is 11.9. The second-order valence-corrected chi connectivity index (χ2v) is 11.6. The van der Waals surface area contributed by atoms with Gasteiger partial charge in [-0.2, -0.15) is 0 Å². The van der Waals surface area contributed by atoms with E-state index in [-0.39, 0.29) is 13.0 Å². The Hall–Kier alpha value is -0.660. The van der Waals surface area contributed by atoms with E-state index in [2.05, 4.69) is 6.92 Å². The zero-order valence-electron chi connectivity index (χ0n) is 20.8. The fourth-order valence-corrected chi connectivity index (χ4v) is 5.84. The van der Waals surface area contributed by atoms with Crippen molar-refractivity contribution in [1.29, 1.82) is 0 Å². The quantitative estimate of drug-likeness (QED) is 0.0665. The first kappa shape index (κ1) is 32.3. The predicted octanol–water partition coefficient (Wildman–Crippen LogP) is 7.72. The van der Waals surface area contributed by atoms with Crippen molar-refractivity contribution in [2.75, 3.05) is 18.1 Å². The lowest BCUT2D eigenvalue weighted by molar-refractivity contribution is -0.152. The second kappa shape index (κ2) is 23.1. The van der Waals surface area contributed by atoms with Crippen molar-refractivity contribution in [1.82, 2.24) is 0 Å². The van der Waals surface area contributed by atoms with Gasteiger partial charge in [-0.3, -0.25) is 9.59 Å². The van der Waals surface area contributed by atoms with Crippen LogP contribution in [0.25, 0.3) is 0 Å². The summed E-state index contributed by atoms with van der Waals surface area (Å²) in [6.07, 6.45) is 22.4. The molecule has 0 fully saturated rings. The van der Waals surface area contributed by atoms with E-state index in [4.69, 9.17) is 5.11 Å². The van der Waals surface area contributed by atoms with Crippen molar-refractivity contribution in [3.63, 3.8) is 0 Å². The maximum absolute atomic E-state index is 11.9. The Labute approximate surface area is 210 Å². The molecule has 0 aliphatic rings. The summed E-state index contributed by atoms with van der Waals surface area (Å²) in [7, 11) is 2.96. The van der Waals surface area contributed by atoms with Crippen LogP contribution in [0.2, 0.25) is 0 Å². The number of hydrogen-bond acceptors (Lipinski definition) is 5. The standard InChI is InChI=1S/C26H48O5S2/c1-2-3-4-5-6-7-8-9-10-11-12-13-14-15-16-17-18-26(25(30)31,23-24(28)29)19-21-32-33-22-20-27/h17-18,27H,2-16,19-23H2,1H3,(H,28,29)(H,30,31). The van der Waals surface area contributed by atoms with Crippen molar-refractivity contribution in [3.8, 4) is 0 Å². The average molecular weight is 505 g/mol. The van der Waals surface area contributed by atoms with Gasteiger partial charge >= 0.3 is 11.9 Å². The zero-order valence-corrected chi connectivity index (χ0v) is 22.4. The molecule has 7 heteroatoms. The first-order valence-electron chi connectivity index (χ1n) is 13.0. The lowest BCUT2D eigenvalue weighted by Gasteiger charge is -2.24. The molecule has 33 heavy (non-hydrogen) atoms. The third-order valence-corrected chi connectivity index (χ3v) is 8.33. The summed E-state index contributed by atoms with van der Waals surface area (Å²) >= 11 is 0. The first-order valence-corrected chi connectivity index (χ1v) is 15.5. The Balaban J connectivity index is 3.98. The van der Waals surface area contributed by atoms with E-state index in [1.54, 1.807) is 6.08 Å². The van der Waals surface area contributed by atoms with Crippen LogP contribution in [-0.4, -0.2) is 45.4 Å². The van der Waals surface area contributed by atoms with Crippen molar-refractivity contribution in [2.45, 2.75) is 116 Å². The Morgan fingerprint density at radius 1 is 0.758 bits per heavy atom. The van der Waals surface area contributed by atoms with E-state index < -0.39 is 23.8 Å². The molecule has 0 aliphatic carbocycles. The molecule has 0 heterocycles. The molecule has 0 spiro atoms. The number of carboxylic acid groups (broad SMARTS) is 2. The predicted molar refractivity (Wildman–Crippen MR) is 143 cm³/mol. The summed E-state index contributed by atoms with van der Waals surface area (Å²) in [5, 5.41) is 27.8. The van der Waals surface area contributed by atoms with Gasteiger partial charge in [-0.1, -0.05) is 124 Å². The van der Waals surface area contributed by atoms with E-state index in [1.165, 1.54) is 98.6 Å². The third kappa shape index (κ3) is 19.3. The van der Waals surface area contributed by atoms with Crippen LogP contribution in [0.1, 0.15) is 116 Å². The Kier molecular flexibility index (Phi) is 22.6.